The fourth-order valence-electron chi connectivity index (χ4n) is 1.66. The quantitative estimate of drug-likeness (QED) is 0.795. The number of aromatic nitrogens is 1. The van der Waals surface area contributed by atoms with Crippen molar-refractivity contribution in [2.45, 2.75) is 13.5 Å². The molecule has 1 aromatic heterocycles. The molecule has 0 amide bonds. The molecule has 2 aromatic rings. The number of carbonyl (C=O) groups excluding carboxylic acids is 1. The first-order chi connectivity index (χ1) is 9.08. The van der Waals surface area contributed by atoms with Crippen molar-refractivity contribution in [1.82, 2.24) is 4.98 Å². The van der Waals surface area contributed by atoms with Gasteiger partial charge in [0.2, 0.25) is 5.78 Å². The third kappa shape index (κ3) is 3.13. The fraction of sp³-hybridized carbons (Fsp3) is 0.143. The Bertz CT molecular complexity index is 585. The molecule has 98 valence electrons. The van der Waals surface area contributed by atoms with Gasteiger partial charge < -0.3 is 4.74 Å². The lowest BCUT2D eigenvalue weighted by Crippen LogP contribution is -2.10. The number of ether oxygens (including phenoxy) is 1. The van der Waals surface area contributed by atoms with Crippen LogP contribution in [0.25, 0.3) is 0 Å². The van der Waals surface area contributed by atoms with E-state index in [-0.39, 0.29) is 17.0 Å². The number of rotatable bonds is 4. The zero-order chi connectivity index (χ0) is 13.8. The molecule has 0 N–H and O–H groups in total. The van der Waals surface area contributed by atoms with Gasteiger partial charge in [-0.05, 0) is 31.2 Å². The summed E-state index contributed by atoms with van der Waals surface area (Å²) in [6.45, 7) is -1.21. The molecule has 0 spiro atoms. The maximum absolute atomic E-state index is 12.3. The SMILES string of the molecule is Cc1ccc(OC(F)F)c(C(=O)c2ccccn2)c1. The molecule has 3 nitrogen and oxygen atoms in total. The van der Waals surface area contributed by atoms with Crippen LogP contribution in [0.1, 0.15) is 21.6 Å². The number of hydrogen-bond acceptors (Lipinski definition) is 3. The van der Waals surface area contributed by atoms with Crippen molar-refractivity contribution in [2.75, 3.05) is 0 Å². The minimum absolute atomic E-state index is 0.0824. The van der Waals surface area contributed by atoms with Crippen LogP contribution < -0.4 is 4.74 Å². The minimum atomic E-state index is -2.97. The lowest BCUT2D eigenvalue weighted by Gasteiger charge is -2.10. The van der Waals surface area contributed by atoms with Gasteiger partial charge in [0.15, 0.2) is 0 Å². The summed E-state index contributed by atoms with van der Waals surface area (Å²) in [6.07, 6.45) is 1.47. The van der Waals surface area contributed by atoms with Gasteiger partial charge in [-0.3, -0.25) is 9.78 Å². The first kappa shape index (κ1) is 13.1. The van der Waals surface area contributed by atoms with Crippen molar-refractivity contribution >= 4 is 5.78 Å². The number of pyridine rings is 1. The molecule has 0 aliphatic heterocycles. The molecule has 2 rings (SSSR count). The molecular weight excluding hydrogens is 252 g/mol. The van der Waals surface area contributed by atoms with Gasteiger partial charge in [-0.25, -0.2) is 0 Å². The number of hydrogen-bond donors (Lipinski definition) is 0. The molecule has 1 heterocycles. The van der Waals surface area contributed by atoms with Gasteiger partial charge in [-0.15, -0.1) is 0 Å². The van der Waals surface area contributed by atoms with E-state index in [1.807, 2.05) is 0 Å². The monoisotopic (exact) mass is 263 g/mol. The molecule has 0 aliphatic rings. The smallest absolute Gasteiger partial charge is 0.387 e. The van der Waals surface area contributed by atoms with Crippen LogP contribution in [0, 0.1) is 6.92 Å². The first-order valence-electron chi connectivity index (χ1n) is 5.59. The Labute approximate surface area is 108 Å². The molecule has 0 unspecified atom stereocenters. The summed E-state index contributed by atoms with van der Waals surface area (Å²) in [5, 5.41) is 0. The van der Waals surface area contributed by atoms with E-state index in [0.29, 0.717) is 0 Å². The molecule has 0 saturated heterocycles. The number of nitrogens with zero attached hydrogens (tertiary/aromatic N) is 1. The van der Waals surface area contributed by atoms with Gasteiger partial charge in [0.1, 0.15) is 11.4 Å². The minimum Gasteiger partial charge on any atom is -0.434 e. The van der Waals surface area contributed by atoms with Gasteiger partial charge in [-0.1, -0.05) is 17.7 Å². The number of ketones is 1. The van der Waals surface area contributed by atoms with Crippen LogP contribution in [-0.2, 0) is 0 Å². The van der Waals surface area contributed by atoms with Gasteiger partial charge >= 0.3 is 6.61 Å². The Hall–Kier alpha value is -2.30. The van der Waals surface area contributed by atoms with Crippen molar-refractivity contribution in [1.29, 1.82) is 0 Å². The molecule has 0 radical (unpaired) electrons. The molecule has 5 heteroatoms. The number of carbonyl (C=O) groups is 1. The van der Waals surface area contributed by atoms with E-state index in [1.54, 1.807) is 25.1 Å². The Kier molecular flexibility index (Phi) is 3.85. The Morgan fingerprint density at radius 2 is 2.05 bits per heavy atom. The molecule has 0 bridgehead atoms. The summed E-state index contributed by atoms with van der Waals surface area (Å²) < 4.78 is 29.0. The lowest BCUT2D eigenvalue weighted by atomic mass is 10.0. The van der Waals surface area contributed by atoms with E-state index < -0.39 is 12.4 Å². The Morgan fingerprint density at radius 1 is 1.26 bits per heavy atom. The van der Waals surface area contributed by atoms with Crippen molar-refractivity contribution in [2.24, 2.45) is 0 Å². The second kappa shape index (κ2) is 5.56. The predicted octanol–water partition coefficient (Wildman–Crippen LogP) is 3.22. The number of benzene rings is 1. The Morgan fingerprint density at radius 3 is 2.68 bits per heavy atom. The highest BCUT2D eigenvalue weighted by Gasteiger charge is 2.18. The van der Waals surface area contributed by atoms with Crippen LogP contribution in [0.3, 0.4) is 0 Å². The summed E-state index contributed by atoms with van der Waals surface area (Å²) in [7, 11) is 0. The topological polar surface area (TPSA) is 39.2 Å². The standard InChI is InChI=1S/C14H11F2NO2/c1-9-5-6-12(19-14(15)16)10(8-9)13(18)11-4-2-3-7-17-11/h2-8,14H,1H3. The highest BCUT2D eigenvalue weighted by Crippen LogP contribution is 2.24. The maximum atomic E-state index is 12.3. The summed E-state index contributed by atoms with van der Waals surface area (Å²) in [6, 6.07) is 9.32. The number of halogens is 2. The van der Waals surface area contributed by atoms with E-state index in [4.69, 9.17) is 0 Å². The third-order valence-corrected chi connectivity index (χ3v) is 2.49. The average molecular weight is 263 g/mol. The predicted molar refractivity (Wildman–Crippen MR) is 65.5 cm³/mol. The van der Waals surface area contributed by atoms with Crippen LogP contribution in [0.2, 0.25) is 0 Å². The van der Waals surface area contributed by atoms with Crippen molar-refractivity contribution in [3.05, 3.63) is 59.4 Å². The van der Waals surface area contributed by atoms with Gasteiger partial charge in [0.05, 0.1) is 5.56 Å². The van der Waals surface area contributed by atoms with Gasteiger partial charge in [0, 0.05) is 6.20 Å². The molecule has 0 aliphatic carbocycles. The normalized spacial score (nSPS) is 10.5. The molecule has 0 saturated carbocycles. The largest absolute Gasteiger partial charge is 0.434 e. The van der Waals surface area contributed by atoms with Crippen molar-refractivity contribution in [3.63, 3.8) is 0 Å². The van der Waals surface area contributed by atoms with E-state index in [9.17, 15) is 13.6 Å². The zero-order valence-corrected chi connectivity index (χ0v) is 10.1. The summed E-state index contributed by atoms with van der Waals surface area (Å²) in [4.78, 5) is 16.1. The molecule has 1 aromatic carbocycles. The Balaban J connectivity index is 2.43. The third-order valence-electron chi connectivity index (χ3n) is 2.49. The van der Waals surface area contributed by atoms with Crippen LogP contribution in [0.15, 0.2) is 42.6 Å². The number of alkyl halides is 2. The van der Waals surface area contributed by atoms with Gasteiger partial charge in [0.25, 0.3) is 0 Å². The number of aryl methyl sites for hydroxylation is 1. The van der Waals surface area contributed by atoms with Crippen LogP contribution >= 0.6 is 0 Å². The van der Waals surface area contributed by atoms with Crippen LogP contribution in [-0.4, -0.2) is 17.4 Å². The van der Waals surface area contributed by atoms with E-state index in [0.717, 1.165) is 5.56 Å². The van der Waals surface area contributed by atoms with Gasteiger partial charge in [-0.2, -0.15) is 8.78 Å². The summed E-state index contributed by atoms with van der Waals surface area (Å²) in [5.41, 5.74) is 1.05. The molecule has 0 atom stereocenters. The summed E-state index contributed by atoms with van der Waals surface area (Å²) >= 11 is 0. The van der Waals surface area contributed by atoms with E-state index in [2.05, 4.69) is 9.72 Å². The molecular formula is C14H11F2NO2. The van der Waals surface area contributed by atoms with E-state index >= 15 is 0 Å². The average Bonchev–Trinajstić information content (AvgIpc) is 2.40. The second-order valence-electron chi connectivity index (χ2n) is 3.92. The molecule has 0 fully saturated rings. The highest BCUT2D eigenvalue weighted by molar-refractivity contribution is 6.09. The fourth-order valence-corrected chi connectivity index (χ4v) is 1.66. The van der Waals surface area contributed by atoms with Crippen LogP contribution in [0.4, 0.5) is 8.78 Å². The van der Waals surface area contributed by atoms with Crippen molar-refractivity contribution in [3.8, 4) is 5.75 Å². The lowest BCUT2D eigenvalue weighted by molar-refractivity contribution is -0.0501. The summed E-state index contributed by atoms with van der Waals surface area (Å²) in [5.74, 6) is -0.587. The van der Waals surface area contributed by atoms with Crippen molar-refractivity contribution < 1.29 is 18.3 Å². The maximum Gasteiger partial charge on any atom is 0.387 e. The molecule has 19 heavy (non-hydrogen) atoms. The highest BCUT2D eigenvalue weighted by atomic mass is 19.3. The van der Waals surface area contributed by atoms with E-state index in [1.165, 1.54) is 24.4 Å². The second-order valence-corrected chi connectivity index (χ2v) is 3.92. The van der Waals surface area contributed by atoms with Crippen LogP contribution in [0.5, 0.6) is 5.75 Å². The zero-order valence-electron chi connectivity index (χ0n) is 10.1. The first-order valence-corrected chi connectivity index (χ1v) is 5.59.